The Labute approximate surface area is 104 Å². The van der Waals surface area contributed by atoms with E-state index in [1.54, 1.807) is 0 Å². The fraction of sp³-hybridized carbons (Fsp3) is 0.857. The molecule has 17 heavy (non-hydrogen) atoms. The van der Waals surface area contributed by atoms with Gasteiger partial charge < -0.3 is 14.7 Å². The van der Waals surface area contributed by atoms with Crippen LogP contribution in [-0.4, -0.2) is 48.5 Å². The molecule has 1 N–H and O–H groups in total. The van der Waals surface area contributed by atoms with Crippen LogP contribution in [-0.2, 0) is 4.74 Å². The van der Waals surface area contributed by atoms with Gasteiger partial charge in [-0.25, -0.2) is 0 Å². The molecule has 0 atom stereocenters. The van der Waals surface area contributed by atoms with Crippen LogP contribution in [0, 0.1) is 17.8 Å². The van der Waals surface area contributed by atoms with E-state index in [1.165, 1.54) is 0 Å². The van der Waals surface area contributed by atoms with Gasteiger partial charge in [0.15, 0.2) is 0 Å². The van der Waals surface area contributed by atoms with Crippen LogP contribution >= 0.6 is 0 Å². The van der Waals surface area contributed by atoms with E-state index < -0.39 is 0 Å². The lowest BCUT2D eigenvalue weighted by Gasteiger charge is -2.38. The second-order valence-corrected chi connectivity index (χ2v) is 5.09. The highest BCUT2D eigenvalue weighted by Gasteiger charge is 2.31. The average Bonchev–Trinajstić information content (AvgIpc) is 2.29. The fourth-order valence-electron chi connectivity index (χ4n) is 2.68. The highest BCUT2D eigenvalue weighted by Crippen LogP contribution is 2.31. The van der Waals surface area contributed by atoms with Crippen LogP contribution in [0.15, 0.2) is 0 Å². The third kappa shape index (κ3) is 3.70. The van der Waals surface area contributed by atoms with Crippen molar-refractivity contribution in [1.29, 1.82) is 0 Å². The van der Waals surface area contributed by atoms with Crippen molar-refractivity contribution in [2.75, 3.05) is 26.2 Å². The molecule has 3 nitrogen and oxygen atoms in total. The van der Waals surface area contributed by atoms with Gasteiger partial charge in [0.25, 0.3) is 0 Å². The molecule has 0 amide bonds. The topological polar surface area (TPSA) is 32.7 Å². The molecule has 0 aromatic heterocycles. The van der Waals surface area contributed by atoms with E-state index in [1.807, 2.05) is 6.92 Å². The van der Waals surface area contributed by atoms with Gasteiger partial charge in [0.2, 0.25) is 0 Å². The van der Waals surface area contributed by atoms with Crippen molar-refractivity contribution in [2.45, 2.75) is 44.8 Å². The van der Waals surface area contributed by atoms with Gasteiger partial charge in [-0.2, -0.15) is 0 Å². The Balaban J connectivity index is 1.61. The molecule has 2 aliphatic rings. The highest BCUT2D eigenvalue weighted by molar-refractivity contribution is 5.06. The quantitative estimate of drug-likeness (QED) is 0.747. The molecule has 96 valence electrons. The number of rotatable bonds is 4. The number of nitrogens with zero attached hydrogens (tertiary/aromatic N) is 1. The van der Waals surface area contributed by atoms with Crippen molar-refractivity contribution in [3.05, 3.63) is 0 Å². The Morgan fingerprint density at radius 2 is 1.94 bits per heavy atom. The van der Waals surface area contributed by atoms with Crippen LogP contribution in [0.3, 0.4) is 0 Å². The van der Waals surface area contributed by atoms with E-state index in [0.29, 0.717) is 18.1 Å². The van der Waals surface area contributed by atoms with Gasteiger partial charge in [0.1, 0.15) is 0 Å². The van der Waals surface area contributed by atoms with E-state index in [9.17, 15) is 0 Å². The molecule has 0 aromatic carbocycles. The van der Waals surface area contributed by atoms with Crippen LogP contribution in [0.4, 0.5) is 0 Å². The largest absolute Gasteiger partial charge is 0.395 e. The van der Waals surface area contributed by atoms with E-state index >= 15 is 0 Å². The molecule has 1 saturated heterocycles. The number of β-amino-alcohol motifs (C(OH)–C–C–N with tert-alkyl or cyclic N) is 1. The van der Waals surface area contributed by atoms with Crippen LogP contribution in [0.1, 0.15) is 32.6 Å². The van der Waals surface area contributed by atoms with Gasteiger partial charge in [-0.1, -0.05) is 0 Å². The number of hydrogen-bond donors (Lipinski definition) is 1. The number of piperidine rings is 1. The first kappa shape index (κ1) is 12.9. The van der Waals surface area contributed by atoms with Gasteiger partial charge in [0.05, 0.1) is 18.8 Å². The molecule has 0 unspecified atom stereocenters. The van der Waals surface area contributed by atoms with E-state index in [4.69, 9.17) is 9.84 Å². The van der Waals surface area contributed by atoms with Gasteiger partial charge in [-0.3, -0.25) is 0 Å². The monoisotopic (exact) mass is 237 g/mol. The summed E-state index contributed by atoms with van der Waals surface area (Å²) in [5, 5.41) is 8.87. The van der Waals surface area contributed by atoms with Crippen molar-refractivity contribution in [3.8, 4) is 11.8 Å². The van der Waals surface area contributed by atoms with Gasteiger partial charge in [-0.05, 0) is 32.6 Å². The number of aliphatic hydroxyl groups excluding tert-OH is 1. The maximum atomic E-state index is 8.87. The van der Waals surface area contributed by atoms with Crippen molar-refractivity contribution < 1.29 is 9.84 Å². The molecule has 1 aliphatic heterocycles. The summed E-state index contributed by atoms with van der Waals surface area (Å²) in [6, 6.07) is 0. The van der Waals surface area contributed by atoms with E-state index in [-0.39, 0.29) is 6.61 Å². The normalized spacial score (nSPS) is 30.5. The number of ether oxygens (including phenoxy) is 1. The minimum Gasteiger partial charge on any atom is -0.395 e. The minimum atomic E-state index is 0.269. The summed E-state index contributed by atoms with van der Waals surface area (Å²) in [6.07, 6.45) is 5.36. The Hall–Kier alpha value is -0.560. The summed E-state index contributed by atoms with van der Waals surface area (Å²) in [5.41, 5.74) is 0. The predicted molar refractivity (Wildman–Crippen MR) is 67.6 cm³/mol. The Morgan fingerprint density at radius 1 is 1.24 bits per heavy atom. The number of aliphatic hydroxyl groups is 1. The molecule has 1 heterocycles. The first-order valence-corrected chi connectivity index (χ1v) is 6.72. The van der Waals surface area contributed by atoms with Gasteiger partial charge in [0, 0.05) is 25.6 Å². The summed E-state index contributed by atoms with van der Waals surface area (Å²) < 4.78 is 6.07. The Kier molecular flexibility index (Phi) is 4.85. The summed E-state index contributed by atoms with van der Waals surface area (Å²) in [7, 11) is 0. The molecule has 0 spiro atoms. The van der Waals surface area contributed by atoms with Gasteiger partial charge in [-0.15, -0.1) is 11.8 Å². The maximum Gasteiger partial charge on any atom is 0.0603 e. The molecular formula is C14H23NO2. The van der Waals surface area contributed by atoms with Crippen LogP contribution in [0.5, 0.6) is 0 Å². The molecule has 1 saturated carbocycles. The molecule has 0 radical (unpaired) electrons. The lowest BCUT2D eigenvalue weighted by atomic mass is 9.82. The molecule has 2 rings (SSSR count). The molecule has 1 aliphatic carbocycles. The van der Waals surface area contributed by atoms with Gasteiger partial charge >= 0.3 is 0 Å². The maximum absolute atomic E-state index is 8.87. The summed E-state index contributed by atoms with van der Waals surface area (Å²) in [5.74, 6) is 6.77. The SMILES string of the molecule is CC#CC1CC(OC2CCN(CCO)CC2)C1. The molecular weight excluding hydrogens is 214 g/mol. The number of likely N-dealkylation sites (tertiary alicyclic amines) is 1. The zero-order valence-corrected chi connectivity index (χ0v) is 10.7. The van der Waals surface area contributed by atoms with Crippen molar-refractivity contribution in [1.82, 2.24) is 4.90 Å². The van der Waals surface area contributed by atoms with E-state index in [2.05, 4.69) is 16.7 Å². The average molecular weight is 237 g/mol. The smallest absolute Gasteiger partial charge is 0.0603 e. The first-order chi connectivity index (χ1) is 8.31. The Morgan fingerprint density at radius 3 is 2.53 bits per heavy atom. The summed E-state index contributed by atoms with van der Waals surface area (Å²) in [4.78, 5) is 2.31. The standard InChI is InChI=1S/C14H23NO2/c1-2-3-12-10-14(11-12)17-13-4-6-15(7-5-13)8-9-16/h12-14,16H,4-11H2,1H3. The van der Waals surface area contributed by atoms with Crippen LogP contribution in [0.2, 0.25) is 0 Å². The van der Waals surface area contributed by atoms with Crippen LogP contribution < -0.4 is 0 Å². The lowest BCUT2D eigenvalue weighted by Crippen LogP contribution is -2.42. The zero-order valence-electron chi connectivity index (χ0n) is 10.7. The lowest BCUT2D eigenvalue weighted by molar-refractivity contribution is -0.0852. The number of hydrogen-bond acceptors (Lipinski definition) is 3. The van der Waals surface area contributed by atoms with Crippen molar-refractivity contribution in [3.63, 3.8) is 0 Å². The van der Waals surface area contributed by atoms with Crippen molar-refractivity contribution in [2.24, 2.45) is 5.92 Å². The summed E-state index contributed by atoms with van der Waals surface area (Å²) in [6.45, 7) is 5.12. The minimum absolute atomic E-state index is 0.269. The molecule has 0 aromatic rings. The fourth-order valence-corrected chi connectivity index (χ4v) is 2.68. The highest BCUT2D eigenvalue weighted by atomic mass is 16.5. The third-order valence-electron chi connectivity index (χ3n) is 3.78. The zero-order chi connectivity index (χ0) is 12.1. The summed E-state index contributed by atoms with van der Waals surface area (Å²) >= 11 is 0. The Bertz CT molecular complexity index is 280. The molecule has 3 heteroatoms. The van der Waals surface area contributed by atoms with Crippen molar-refractivity contribution >= 4 is 0 Å². The molecule has 0 bridgehead atoms. The third-order valence-corrected chi connectivity index (χ3v) is 3.78. The predicted octanol–water partition coefficient (Wildman–Crippen LogP) is 1.26. The second-order valence-electron chi connectivity index (χ2n) is 5.09. The first-order valence-electron chi connectivity index (χ1n) is 6.72. The molecule has 2 fully saturated rings. The second kappa shape index (κ2) is 6.39. The van der Waals surface area contributed by atoms with Crippen LogP contribution in [0.25, 0.3) is 0 Å². The van der Waals surface area contributed by atoms with E-state index in [0.717, 1.165) is 45.3 Å².